The summed E-state index contributed by atoms with van der Waals surface area (Å²) in [6.45, 7) is 11.9. The standard InChI is InChI=1S/C16H29N3/c1-6-7-10-16-18-13(4)15(14(5)19-16)9-8-11-17-12(2)3/h12,17H,6-11H2,1-5H3. The number of unbranched alkanes of at least 4 members (excludes halogenated alkanes) is 1. The fourth-order valence-corrected chi connectivity index (χ4v) is 2.27. The highest BCUT2D eigenvalue weighted by atomic mass is 14.9. The molecule has 0 aliphatic rings. The third-order valence-electron chi connectivity index (χ3n) is 3.38. The maximum Gasteiger partial charge on any atom is 0.128 e. The predicted molar refractivity (Wildman–Crippen MR) is 81.6 cm³/mol. The summed E-state index contributed by atoms with van der Waals surface area (Å²) in [6.07, 6.45) is 5.61. The second-order valence-electron chi connectivity index (χ2n) is 5.61. The van der Waals surface area contributed by atoms with Crippen LogP contribution in [0.4, 0.5) is 0 Å². The van der Waals surface area contributed by atoms with Gasteiger partial charge in [0.2, 0.25) is 0 Å². The van der Waals surface area contributed by atoms with Gasteiger partial charge in [-0.05, 0) is 45.2 Å². The lowest BCUT2D eigenvalue weighted by molar-refractivity contribution is 0.568. The van der Waals surface area contributed by atoms with Gasteiger partial charge >= 0.3 is 0 Å². The van der Waals surface area contributed by atoms with Crippen LogP contribution >= 0.6 is 0 Å². The highest BCUT2D eigenvalue weighted by Gasteiger charge is 2.08. The number of nitrogens with one attached hydrogen (secondary N) is 1. The molecular formula is C16H29N3. The van der Waals surface area contributed by atoms with E-state index < -0.39 is 0 Å². The largest absolute Gasteiger partial charge is 0.315 e. The van der Waals surface area contributed by atoms with E-state index in [2.05, 4.69) is 49.9 Å². The van der Waals surface area contributed by atoms with Crippen molar-refractivity contribution < 1.29 is 0 Å². The van der Waals surface area contributed by atoms with Crippen LogP contribution < -0.4 is 5.32 Å². The van der Waals surface area contributed by atoms with E-state index in [0.717, 1.165) is 31.6 Å². The molecule has 108 valence electrons. The van der Waals surface area contributed by atoms with Crippen molar-refractivity contribution in [1.29, 1.82) is 0 Å². The van der Waals surface area contributed by atoms with Crippen molar-refractivity contribution in [1.82, 2.24) is 15.3 Å². The van der Waals surface area contributed by atoms with E-state index in [0.29, 0.717) is 6.04 Å². The Hall–Kier alpha value is -0.960. The highest BCUT2D eigenvalue weighted by molar-refractivity contribution is 5.24. The number of aryl methyl sites for hydroxylation is 3. The van der Waals surface area contributed by atoms with Gasteiger partial charge in [-0.15, -0.1) is 0 Å². The molecule has 1 aromatic rings. The maximum absolute atomic E-state index is 4.65. The smallest absolute Gasteiger partial charge is 0.128 e. The second kappa shape index (κ2) is 8.26. The first-order valence-corrected chi connectivity index (χ1v) is 7.61. The van der Waals surface area contributed by atoms with Gasteiger partial charge in [0.05, 0.1) is 0 Å². The second-order valence-corrected chi connectivity index (χ2v) is 5.61. The molecule has 0 atom stereocenters. The molecule has 0 saturated carbocycles. The Bertz CT molecular complexity index is 363. The van der Waals surface area contributed by atoms with Crippen LogP contribution in [0.1, 0.15) is 62.8 Å². The van der Waals surface area contributed by atoms with Crippen LogP contribution in [0.3, 0.4) is 0 Å². The number of hydrogen-bond donors (Lipinski definition) is 1. The van der Waals surface area contributed by atoms with Gasteiger partial charge in [-0.3, -0.25) is 0 Å². The zero-order valence-corrected chi connectivity index (χ0v) is 13.2. The Balaban J connectivity index is 2.58. The van der Waals surface area contributed by atoms with Crippen LogP contribution in [0.2, 0.25) is 0 Å². The number of rotatable bonds is 8. The summed E-state index contributed by atoms with van der Waals surface area (Å²) in [4.78, 5) is 9.31. The molecule has 0 bridgehead atoms. The molecule has 1 aromatic heterocycles. The predicted octanol–water partition coefficient (Wildman–Crippen LogP) is 3.37. The van der Waals surface area contributed by atoms with Crippen LogP contribution in [-0.4, -0.2) is 22.6 Å². The van der Waals surface area contributed by atoms with Crippen molar-refractivity contribution in [2.75, 3.05) is 6.54 Å². The van der Waals surface area contributed by atoms with Crippen molar-refractivity contribution in [2.45, 2.75) is 72.8 Å². The Morgan fingerprint density at radius 1 is 1.00 bits per heavy atom. The van der Waals surface area contributed by atoms with Gasteiger partial charge in [0, 0.05) is 23.9 Å². The average molecular weight is 263 g/mol. The zero-order valence-electron chi connectivity index (χ0n) is 13.2. The van der Waals surface area contributed by atoms with E-state index >= 15 is 0 Å². The van der Waals surface area contributed by atoms with Crippen molar-refractivity contribution in [3.63, 3.8) is 0 Å². The molecule has 0 aromatic carbocycles. The van der Waals surface area contributed by atoms with Gasteiger partial charge in [-0.25, -0.2) is 9.97 Å². The average Bonchev–Trinajstić information content (AvgIpc) is 2.34. The molecule has 19 heavy (non-hydrogen) atoms. The molecule has 1 heterocycles. The Morgan fingerprint density at radius 2 is 1.63 bits per heavy atom. The molecule has 0 aliphatic carbocycles. The Morgan fingerprint density at radius 3 is 2.16 bits per heavy atom. The lowest BCUT2D eigenvalue weighted by Crippen LogP contribution is -2.24. The molecule has 0 fully saturated rings. The summed E-state index contributed by atoms with van der Waals surface area (Å²) in [5.41, 5.74) is 3.68. The van der Waals surface area contributed by atoms with Gasteiger partial charge in [-0.2, -0.15) is 0 Å². The molecule has 0 aliphatic heterocycles. The number of hydrogen-bond acceptors (Lipinski definition) is 3. The van der Waals surface area contributed by atoms with E-state index in [1.165, 1.54) is 29.8 Å². The van der Waals surface area contributed by atoms with Gasteiger partial charge in [0.1, 0.15) is 5.82 Å². The summed E-state index contributed by atoms with van der Waals surface area (Å²) >= 11 is 0. The minimum atomic E-state index is 0.565. The molecule has 0 amide bonds. The summed E-state index contributed by atoms with van der Waals surface area (Å²) in [7, 11) is 0. The lowest BCUT2D eigenvalue weighted by Gasteiger charge is -2.12. The Labute approximate surface area is 118 Å². The number of nitrogens with zero attached hydrogens (tertiary/aromatic N) is 2. The van der Waals surface area contributed by atoms with Crippen LogP contribution in [0.25, 0.3) is 0 Å². The first-order valence-electron chi connectivity index (χ1n) is 7.61. The maximum atomic E-state index is 4.65. The third-order valence-corrected chi connectivity index (χ3v) is 3.38. The molecule has 3 heteroatoms. The van der Waals surface area contributed by atoms with E-state index in [9.17, 15) is 0 Å². The molecule has 0 spiro atoms. The molecule has 0 radical (unpaired) electrons. The van der Waals surface area contributed by atoms with Gasteiger partial charge in [0.25, 0.3) is 0 Å². The van der Waals surface area contributed by atoms with Crippen molar-refractivity contribution in [3.8, 4) is 0 Å². The van der Waals surface area contributed by atoms with Crippen LogP contribution in [0.5, 0.6) is 0 Å². The van der Waals surface area contributed by atoms with E-state index in [1.54, 1.807) is 0 Å². The first kappa shape index (κ1) is 16.1. The van der Waals surface area contributed by atoms with Gasteiger partial charge in [-0.1, -0.05) is 27.2 Å². The third kappa shape index (κ3) is 5.68. The minimum Gasteiger partial charge on any atom is -0.315 e. The fraction of sp³-hybridized carbons (Fsp3) is 0.750. The molecule has 1 rings (SSSR count). The van der Waals surface area contributed by atoms with Crippen molar-refractivity contribution >= 4 is 0 Å². The van der Waals surface area contributed by atoms with Crippen molar-refractivity contribution in [3.05, 3.63) is 22.8 Å². The van der Waals surface area contributed by atoms with Crippen molar-refractivity contribution in [2.24, 2.45) is 0 Å². The van der Waals surface area contributed by atoms with Crippen LogP contribution in [0.15, 0.2) is 0 Å². The molecule has 1 N–H and O–H groups in total. The topological polar surface area (TPSA) is 37.8 Å². The molecular weight excluding hydrogens is 234 g/mol. The van der Waals surface area contributed by atoms with E-state index in [4.69, 9.17) is 0 Å². The van der Waals surface area contributed by atoms with Gasteiger partial charge in [0.15, 0.2) is 0 Å². The SMILES string of the molecule is CCCCc1nc(C)c(CCCNC(C)C)c(C)n1. The summed E-state index contributed by atoms with van der Waals surface area (Å²) in [6, 6.07) is 0.565. The van der Waals surface area contributed by atoms with Crippen LogP contribution in [-0.2, 0) is 12.8 Å². The Kier molecular flexibility index (Phi) is 7.00. The van der Waals surface area contributed by atoms with Gasteiger partial charge < -0.3 is 5.32 Å². The van der Waals surface area contributed by atoms with Crippen LogP contribution in [0, 0.1) is 13.8 Å². The summed E-state index contributed by atoms with van der Waals surface area (Å²) in [5.74, 6) is 1.01. The molecule has 0 unspecified atom stereocenters. The lowest BCUT2D eigenvalue weighted by atomic mass is 10.1. The normalized spacial score (nSPS) is 11.3. The summed E-state index contributed by atoms with van der Waals surface area (Å²) in [5, 5.41) is 3.45. The van der Waals surface area contributed by atoms with E-state index in [1.807, 2.05) is 0 Å². The first-order chi connectivity index (χ1) is 9.04. The molecule has 3 nitrogen and oxygen atoms in total. The summed E-state index contributed by atoms with van der Waals surface area (Å²) < 4.78 is 0. The van der Waals surface area contributed by atoms with E-state index in [-0.39, 0.29) is 0 Å². The quantitative estimate of drug-likeness (QED) is 0.731. The fourth-order valence-electron chi connectivity index (χ4n) is 2.27. The monoisotopic (exact) mass is 263 g/mol. The highest BCUT2D eigenvalue weighted by Crippen LogP contribution is 2.13. The minimum absolute atomic E-state index is 0.565. The number of aromatic nitrogens is 2. The zero-order chi connectivity index (χ0) is 14.3. The molecule has 0 saturated heterocycles.